The molecule has 0 saturated carbocycles. The molecule has 2 amide bonds. The molecule has 8 heteroatoms. The Morgan fingerprint density at radius 1 is 1.06 bits per heavy atom. The maximum atomic E-state index is 12.6. The van der Waals surface area contributed by atoms with E-state index in [0.29, 0.717) is 35.9 Å². The highest BCUT2D eigenvalue weighted by molar-refractivity contribution is 7.14. The summed E-state index contributed by atoms with van der Waals surface area (Å²) in [7, 11) is 0. The van der Waals surface area contributed by atoms with Crippen molar-refractivity contribution in [3.63, 3.8) is 0 Å². The van der Waals surface area contributed by atoms with E-state index in [-0.39, 0.29) is 11.8 Å². The second-order valence-corrected chi connectivity index (χ2v) is 8.10. The number of imidazole rings is 1. The normalized spacial score (nSPS) is 10.9. The zero-order chi connectivity index (χ0) is 21.8. The minimum Gasteiger partial charge on any atom is -0.351 e. The van der Waals surface area contributed by atoms with Crippen LogP contribution in [0.3, 0.4) is 0 Å². The Balaban J connectivity index is 1.27. The summed E-state index contributed by atoms with van der Waals surface area (Å²) in [6.45, 7) is 4.19. The van der Waals surface area contributed by atoms with Gasteiger partial charge in [-0.05, 0) is 31.9 Å². The first-order valence-corrected chi connectivity index (χ1v) is 10.9. The smallest absolute Gasteiger partial charge is 0.270 e. The van der Waals surface area contributed by atoms with E-state index in [0.717, 1.165) is 22.5 Å². The van der Waals surface area contributed by atoms with Crippen molar-refractivity contribution in [2.45, 2.75) is 26.7 Å². The Morgan fingerprint density at radius 2 is 1.87 bits per heavy atom. The van der Waals surface area contributed by atoms with Gasteiger partial charge in [0.1, 0.15) is 11.3 Å². The summed E-state index contributed by atoms with van der Waals surface area (Å²) in [5.41, 5.74) is 4.86. The first-order chi connectivity index (χ1) is 15.0. The van der Waals surface area contributed by atoms with Gasteiger partial charge >= 0.3 is 0 Å². The Kier molecular flexibility index (Phi) is 6.08. The van der Waals surface area contributed by atoms with Gasteiger partial charge in [0.2, 0.25) is 5.91 Å². The highest BCUT2D eigenvalue weighted by Gasteiger charge is 2.17. The van der Waals surface area contributed by atoms with Crippen LogP contribution in [0.2, 0.25) is 0 Å². The molecule has 158 valence electrons. The Hall–Kier alpha value is -3.52. The van der Waals surface area contributed by atoms with Crippen molar-refractivity contribution in [1.82, 2.24) is 19.7 Å². The number of pyridine rings is 1. The summed E-state index contributed by atoms with van der Waals surface area (Å²) < 4.78 is 1.81. The van der Waals surface area contributed by atoms with E-state index >= 15 is 0 Å². The molecule has 0 fully saturated rings. The molecule has 4 aromatic rings. The maximum Gasteiger partial charge on any atom is 0.270 e. The van der Waals surface area contributed by atoms with Gasteiger partial charge in [0.05, 0.1) is 11.4 Å². The van der Waals surface area contributed by atoms with Gasteiger partial charge < -0.3 is 10.6 Å². The number of fused-ring (bicyclic) bond motifs is 1. The SMILES string of the molecule is Cc1nc2c(C)cccn2c1C(=O)NCCCC(=O)Nc1nc(-c2ccccc2)cs1. The lowest BCUT2D eigenvalue weighted by molar-refractivity contribution is -0.116. The summed E-state index contributed by atoms with van der Waals surface area (Å²) in [5.74, 6) is -0.312. The predicted octanol–water partition coefficient (Wildman–Crippen LogP) is 4.22. The number of aromatic nitrogens is 3. The molecule has 0 unspecified atom stereocenters. The summed E-state index contributed by atoms with van der Waals surface area (Å²) in [4.78, 5) is 33.8. The van der Waals surface area contributed by atoms with Crippen molar-refractivity contribution < 1.29 is 9.59 Å². The van der Waals surface area contributed by atoms with Crippen LogP contribution in [0.15, 0.2) is 54.0 Å². The number of nitrogens with one attached hydrogen (secondary N) is 2. The van der Waals surface area contributed by atoms with E-state index in [1.807, 2.05) is 67.9 Å². The van der Waals surface area contributed by atoms with Gasteiger partial charge in [0.15, 0.2) is 5.13 Å². The second-order valence-electron chi connectivity index (χ2n) is 7.24. The fraction of sp³-hybridized carbons (Fsp3) is 0.217. The van der Waals surface area contributed by atoms with Crippen molar-refractivity contribution in [2.24, 2.45) is 0 Å². The molecule has 0 aliphatic rings. The van der Waals surface area contributed by atoms with Gasteiger partial charge in [-0.1, -0.05) is 36.4 Å². The zero-order valence-electron chi connectivity index (χ0n) is 17.4. The summed E-state index contributed by atoms with van der Waals surface area (Å²) >= 11 is 1.40. The molecule has 2 N–H and O–H groups in total. The van der Waals surface area contributed by atoms with Crippen molar-refractivity contribution in [3.05, 3.63) is 71.0 Å². The molecule has 0 radical (unpaired) electrons. The summed E-state index contributed by atoms with van der Waals surface area (Å²) in [6.07, 6.45) is 2.66. The van der Waals surface area contributed by atoms with E-state index in [4.69, 9.17) is 0 Å². The largest absolute Gasteiger partial charge is 0.351 e. The first-order valence-electron chi connectivity index (χ1n) is 10.1. The molecule has 4 rings (SSSR count). The number of hydrogen-bond acceptors (Lipinski definition) is 5. The molecule has 1 aromatic carbocycles. The standard InChI is InChI=1S/C23H23N5O2S/c1-15-8-7-13-28-20(16(2)25-21(15)28)22(30)24-12-6-11-19(29)27-23-26-18(14-31-23)17-9-4-3-5-10-17/h3-5,7-10,13-14H,6,11-12H2,1-2H3,(H,24,30)(H,26,27,29). The van der Waals surface area contributed by atoms with Gasteiger partial charge in [-0.25, -0.2) is 9.97 Å². The number of amides is 2. The third-order valence-electron chi connectivity index (χ3n) is 4.92. The molecular formula is C23H23N5O2S. The highest BCUT2D eigenvalue weighted by Crippen LogP contribution is 2.24. The molecule has 0 bridgehead atoms. The predicted molar refractivity (Wildman–Crippen MR) is 122 cm³/mol. The van der Waals surface area contributed by atoms with Gasteiger partial charge in [0.25, 0.3) is 5.91 Å². The molecule has 3 aromatic heterocycles. The van der Waals surface area contributed by atoms with Crippen molar-refractivity contribution >= 4 is 33.9 Å². The minimum absolute atomic E-state index is 0.121. The van der Waals surface area contributed by atoms with E-state index < -0.39 is 0 Å². The summed E-state index contributed by atoms with van der Waals surface area (Å²) in [6, 6.07) is 13.7. The van der Waals surface area contributed by atoms with Crippen LogP contribution in [0, 0.1) is 13.8 Å². The lowest BCUT2D eigenvalue weighted by Crippen LogP contribution is -2.27. The third kappa shape index (κ3) is 4.64. The van der Waals surface area contributed by atoms with Gasteiger partial charge in [-0.15, -0.1) is 11.3 Å². The Labute approximate surface area is 184 Å². The number of anilines is 1. The van der Waals surface area contributed by atoms with E-state index in [1.54, 1.807) is 4.40 Å². The van der Waals surface area contributed by atoms with Crippen LogP contribution in [0.25, 0.3) is 16.9 Å². The zero-order valence-corrected chi connectivity index (χ0v) is 18.2. The number of hydrogen-bond donors (Lipinski definition) is 2. The number of nitrogens with zero attached hydrogens (tertiary/aromatic N) is 3. The average Bonchev–Trinajstić information content (AvgIpc) is 3.36. The van der Waals surface area contributed by atoms with Crippen LogP contribution in [0.1, 0.15) is 34.6 Å². The van der Waals surface area contributed by atoms with Crippen LogP contribution in [0.4, 0.5) is 5.13 Å². The number of benzene rings is 1. The topological polar surface area (TPSA) is 88.4 Å². The quantitative estimate of drug-likeness (QED) is 0.427. The van der Waals surface area contributed by atoms with E-state index in [1.165, 1.54) is 11.3 Å². The Bertz CT molecular complexity index is 1230. The molecule has 0 aliphatic heterocycles. The maximum absolute atomic E-state index is 12.6. The third-order valence-corrected chi connectivity index (χ3v) is 5.68. The average molecular weight is 434 g/mol. The minimum atomic E-state index is -0.191. The number of rotatable bonds is 7. The van der Waals surface area contributed by atoms with Gasteiger partial charge in [-0.2, -0.15) is 0 Å². The molecule has 3 heterocycles. The van der Waals surface area contributed by atoms with Crippen LogP contribution in [-0.4, -0.2) is 32.7 Å². The van der Waals surface area contributed by atoms with Gasteiger partial charge in [-0.3, -0.25) is 14.0 Å². The van der Waals surface area contributed by atoms with Crippen molar-refractivity contribution in [3.8, 4) is 11.3 Å². The van der Waals surface area contributed by atoms with Gasteiger partial charge in [0, 0.05) is 30.1 Å². The molecule has 7 nitrogen and oxygen atoms in total. The molecule has 0 spiro atoms. The highest BCUT2D eigenvalue weighted by atomic mass is 32.1. The van der Waals surface area contributed by atoms with Crippen LogP contribution in [0.5, 0.6) is 0 Å². The summed E-state index contributed by atoms with van der Waals surface area (Å²) in [5, 5.41) is 8.21. The fourth-order valence-corrected chi connectivity index (χ4v) is 4.12. The number of aryl methyl sites for hydroxylation is 2. The lowest BCUT2D eigenvalue weighted by atomic mass is 10.2. The molecule has 31 heavy (non-hydrogen) atoms. The van der Waals surface area contributed by atoms with E-state index in [2.05, 4.69) is 20.6 Å². The molecule has 0 aliphatic carbocycles. The van der Waals surface area contributed by atoms with Crippen molar-refractivity contribution in [1.29, 1.82) is 0 Å². The number of carbonyl (C=O) groups is 2. The lowest BCUT2D eigenvalue weighted by Gasteiger charge is -2.06. The first kappa shape index (κ1) is 20.7. The van der Waals surface area contributed by atoms with Crippen molar-refractivity contribution in [2.75, 3.05) is 11.9 Å². The van der Waals surface area contributed by atoms with Crippen LogP contribution >= 0.6 is 11.3 Å². The second kappa shape index (κ2) is 9.09. The fourth-order valence-electron chi connectivity index (χ4n) is 3.38. The monoisotopic (exact) mass is 433 g/mol. The molecule has 0 saturated heterocycles. The Morgan fingerprint density at radius 3 is 2.68 bits per heavy atom. The number of thiazole rings is 1. The van der Waals surface area contributed by atoms with Crippen LogP contribution < -0.4 is 10.6 Å². The molecular weight excluding hydrogens is 410 g/mol. The molecule has 0 atom stereocenters. The number of carbonyl (C=O) groups excluding carboxylic acids is 2. The van der Waals surface area contributed by atoms with Crippen LogP contribution in [-0.2, 0) is 4.79 Å². The van der Waals surface area contributed by atoms with E-state index in [9.17, 15) is 9.59 Å².